The molecule has 0 aliphatic carbocycles. The largest absolute Gasteiger partial charge is 0.298 e. The Morgan fingerprint density at radius 2 is 1.66 bits per heavy atom. The van der Waals surface area contributed by atoms with Crippen molar-refractivity contribution in [3.63, 3.8) is 0 Å². The molecule has 0 radical (unpaired) electrons. The van der Waals surface area contributed by atoms with Crippen molar-refractivity contribution in [2.24, 2.45) is 0 Å². The van der Waals surface area contributed by atoms with Crippen molar-refractivity contribution in [1.29, 1.82) is 0 Å². The number of nitrogens with one attached hydrogen (secondary N) is 1. The monoisotopic (exact) mass is 482 g/mol. The molecule has 0 saturated carbocycles. The van der Waals surface area contributed by atoms with E-state index in [9.17, 15) is 14.4 Å². The lowest BCUT2D eigenvalue weighted by atomic mass is 10.0. The van der Waals surface area contributed by atoms with Gasteiger partial charge in [0.2, 0.25) is 0 Å². The summed E-state index contributed by atoms with van der Waals surface area (Å²) in [6, 6.07) is 15.9. The van der Waals surface area contributed by atoms with Crippen molar-refractivity contribution in [1.82, 2.24) is 9.97 Å². The van der Waals surface area contributed by atoms with Crippen molar-refractivity contribution in [2.45, 2.75) is 26.7 Å². The minimum Gasteiger partial charge on any atom is -0.298 e. The van der Waals surface area contributed by atoms with Gasteiger partial charge in [-0.25, -0.2) is 9.88 Å². The van der Waals surface area contributed by atoms with Crippen LogP contribution < -0.4 is 10.2 Å². The molecule has 0 bridgehead atoms. The van der Waals surface area contributed by atoms with E-state index in [1.54, 1.807) is 18.3 Å². The van der Waals surface area contributed by atoms with Crippen LogP contribution in [0.2, 0.25) is 0 Å². The van der Waals surface area contributed by atoms with E-state index in [4.69, 9.17) is 0 Å². The zero-order valence-electron chi connectivity index (χ0n) is 19.2. The van der Waals surface area contributed by atoms with Crippen molar-refractivity contribution in [3.05, 3.63) is 94.0 Å². The first-order valence-electron chi connectivity index (χ1n) is 11.3. The highest BCUT2D eigenvalue weighted by Crippen LogP contribution is 2.35. The van der Waals surface area contributed by atoms with Crippen LogP contribution in [0.1, 0.15) is 56.0 Å². The Labute approximate surface area is 206 Å². The van der Waals surface area contributed by atoms with Crippen molar-refractivity contribution in [3.8, 4) is 11.4 Å². The number of anilines is 2. The minimum absolute atomic E-state index is 0.226. The van der Waals surface area contributed by atoms with Gasteiger partial charge in [-0.05, 0) is 54.3 Å². The number of aryl methyl sites for hydroxylation is 2. The van der Waals surface area contributed by atoms with Crippen molar-refractivity contribution < 1.29 is 14.4 Å². The molecule has 3 heterocycles. The van der Waals surface area contributed by atoms with Crippen LogP contribution in [0.25, 0.3) is 11.4 Å². The summed E-state index contributed by atoms with van der Waals surface area (Å²) in [5.74, 6) is -1.19. The molecule has 0 atom stereocenters. The second kappa shape index (κ2) is 9.23. The van der Waals surface area contributed by atoms with Gasteiger partial charge in [-0.1, -0.05) is 38.1 Å². The standard InChI is InChI=1S/C27H22N4O3S/c1-3-16-8-7-9-17(4-2)23(16)31-25(33)19-12-11-18(14-20(19)26(31)34)24(32)30-27-29-22(15-35-27)21-10-5-6-13-28-21/h5-15H,3-4H2,1-2H3,(H,29,30,32). The molecule has 8 heteroatoms. The zero-order valence-corrected chi connectivity index (χ0v) is 20.1. The Morgan fingerprint density at radius 3 is 2.34 bits per heavy atom. The molecule has 2 aromatic heterocycles. The lowest BCUT2D eigenvalue weighted by molar-refractivity contribution is 0.0925. The smallest absolute Gasteiger partial charge is 0.266 e. The number of carbonyl (C=O) groups excluding carboxylic acids is 3. The average Bonchev–Trinajstić information content (AvgIpc) is 3.46. The summed E-state index contributed by atoms with van der Waals surface area (Å²) in [4.78, 5) is 49.5. The molecule has 0 unspecified atom stereocenters. The van der Waals surface area contributed by atoms with E-state index in [0.717, 1.165) is 11.1 Å². The van der Waals surface area contributed by atoms with Gasteiger partial charge in [0, 0.05) is 17.1 Å². The molecule has 4 aromatic rings. The van der Waals surface area contributed by atoms with Crippen LogP contribution in [0.5, 0.6) is 0 Å². The van der Waals surface area contributed by atoms with E-state index in [0.29, 0.717) is 40.6 Å². The first-order valence-corrected chi connectivity index (χ1v) is 12.2. The zero-order chi connectivity index (χ0) is 24.5. The van der Waals surface area contributed by atoms with Crippen LogP contribution in [-0.4, -0.2) is 27.7 Å². The Bertz CT molecular complexity index is 1440. The third-order valence-electron chi connectivity index (χ3n) is 5.99. The highest BCUT2D eigenvalue weighted by atomic mass is 32.1. The van der Waals surface area contributed by atoms with Gasteiger partial charge in [0.05, 0.1) is 22.5 Å². The molecule has 7 nitrogen and oxygen atoms in total. The summed E-state index contributed by atoms with van der Waals surface area (Å²) in [5.41, 5.74) is 4.70. The van der Waals surface area contributed by atoms with Gasteiger partial charge in [-0.2, -0.15) is 0 Å². The Balaban J connectivity index is 1.42. The maximum absolute atomic E-state index is 13.4. The highest BCUT2D eigenvalue weighted by Gasteiger charge is 2.38. The van der Waals surface area contributed by atoms with Crippen LogP contribution in [0.4, 0.5) is 10.8 Å². The fraction of sp³-hybridized carbons (Fsp3) is 0.148. The molecular weight excluding hydrogens is 460 g/mol. The lowest BCUT2D eigenvalue weighted by Crippen LogP contribution is -2.31. The lowest BCUT2D eigenvalue weighted by Gasteiger charge is -2.21. The predicted octanol–water partition coefficient (Wildman–Crippen LogP) is 5.38. The van der Waals surface area contributed by atoms with Crippen molar-refractivity contribution in [2.75, 3.05) is 10.2 Å². The topological polar surface area (TPSA) is 92.3 Å². The van der Waals surface area contributed by atoms with Gasteiger partial charge >= 0.3 is 0 Å². The number of benzene rings is 2. The Kier molecular flexibility index (Phi) is 5.96. The average molecular weight is 483 g/mol. The number of carbonyl (C=O) groups is 3. The number of para-hydroxylation sites is 1. The van der Waals surface area contributed by atoms with Crippen LogP contribution in [0.3, 0.4) is 0 Å². The SMILES string of the molecule is CCc1cccc(CC)c1N1C(=O)c2ccc(C(=O)Nc3nc(-c4ccccn4)cs3)cc2C1=O. The first-order chi connectivity index (χ1) is 17.0. The number of fused-ring (bicyclic) bond motifs is 1. The maximum atomic E-state index is 13.4. The molecule has 1 aliphatic heterocycles. The number of hydrogen-bond acceptors (Lipinski definition) is 6. The number of amides is 3. The fourth-order valence-corrected chi connectivity index (χ4v) is 4.92. The molecule has 1 aliphatic rings. The van der Waals surface area contributed by atoms with E-state index in [-0.39, 0.29) is 17.0 Å². The fourth-order valence-electron chi connectivity index (χ4n) is 4.22. The van der Waals surface area contributed by atoms with Gasteiger partial charge in [-0.15, -0.1) is 11.3 Å². The Morgan fingerprint density at radius 1 is 0.914 bits per heavy atom. The number of imide groups is 1. The molecule has 2 aromatic carbocycles. The molecule has 3 amide bonds. The van der Waals surface area contributed by atoms with Crippen LogP contribution in [-0.2, 0) is 12.8 Å². The van der Waals surface area contributed by atoms with Crippen molar-refractivity contribution >= 4 is 39.9 Å². The first kappa shape index (κ1) is 22.6. The molecule has 1 N–H and O–H groups in total. The third kappa shape index (κ3) is 4.02. The predicted molar refractivity (Wildman–Crippen MR) is 136 cm³/mol. The molecule has 0 saturated heterocycles. The molecule has 5 rings (SSSR count). The molecular formula is C27H22N4O3S. The summed E-state index contributed by atoms with van der Waals surface area (Å²) in [7, 11) is 0. The van der Waals surface area contributed by atoms with E-state index < -0.39 is 11.8 Å². The maximum Gasteiger partial charge on any atom is 0.266 e. The number of nitrogens with zero attached hydrogens (tertiary/aromatic N) is 3. The number of thiazole rings is 1. The summed E-state index contributed by atoms with van der Waals surface area (Å²) in [6.07, 6.45) is 3.07. The second-order valence-corrected chi connectivity index (χ2v) is 8.90. The molecule has 0 fully saturated rings. The van der Waals surface area contributed by atoms with E-state index in [1.807, 2.05) is 55.6 Å². The van der Waals surface area contributed by atoms with Crippen LogP contribution in [0.15, 0.2) is 66.2 Å². The van der Waals surface area contributed by atoms with Crippen LogP contribution in [0, 0.1) is 0 Å². The van der Waals surface area contributed by atoms with Crippen LogP contribution >= 0.6 is 11.3 Å². The second-order valence-electron chi connectivity index (χ2n) is 8.05. The van der Waals surface area contributed by atoms with E-state index in [2.05, 4.69) is 15.3 Å². The molecule has 174 valence electrons. The summed E-state index contributed by atoms with van der Waals surface area (Å²) in [6.45, 7) is 3.99. The molecule has 35 heavy (non-hydrogen) atoms. The van der Waals surface area contributed by atoms with Gasteiger partial charge in [0.15, 0.2) is 5.13 Å². The number of pyridine rings is 1. The van der Waals surface area contributed by atoms with Gasteiger partial charge < -0.3 is 0 Å². The van der Waals surface area contributed by atoms with Gasteiger partial charge in [0.25, 0.3) is 17.7 Å². The quantitative estimate of drug-likeness (QED) is 0.372. The number of aromatic nitrogens is 2. The summed E-state index contributed by atoms with van der Waals surface area (Å²) in [5, 5.41) is 5.01. The normalized spacial score (nSPS) is 12.7. The van der Waals surface area contributed by atoms with E-state index in [1.165, 1.54) is 22.3 Å². The Hall–Kier alpha value is -4.17. The number of rotatable bonds is 6. The summed E-state index contributed by atoms with van der Waals surface area (Å²) >= 11 is 1.29. The number of hydrogen-bond donors (Lipinski definition) is 1. The van der Waals surface area contributed by atoms with E-state index >= 15 is 0 Å². The van der Waals surface area contributed by atoms with Gasteiger partial charge in [0.1, 0.15) is 5.69 Å². The molecule has 0 spiro atoms. The minimum atomic E-state index is -0.415. The van der Waals surface area contributed by atoms with Gasteiger partial charge in [-0.3, -0.25) is 24.7 Å². The highest BCUT2D eigenvalue weighted by molar-refractivity contribution is 7.14. The third-order valence-corrected chi connectivity index (χ3v) is 6.75. The summed E-state index contributed by atoms with van der Waals surface area (Å²) < 4.78 is 0.